The van der Waals surface area contributed by atoms with Crippen molar-refractivity contribution in [3.05, 3.63) is 30.3 Å². The maximum absolute atomic E-state index is 11.2. The molecule has 0 unspecified atom stereocenters. The lowest BCUT2D eigenvalue weighted by Gasteiger charge is -2.08. The van der Waals surface area contributed by atoms with Crippen molar-refractivity contribution in [3.63, 3.8) is 0 Å². The van der Waals surface area contributed by atoms with Gasteiger partial charge in [0.2, 0.25) is 10.0 Å². The molecule has 0 amide bonds. The number of rotatable bonds is 2. The second kappa shape index (κ2) is 4.17. The minimum absolute atomic E-state index is 0.124. The van der Waals surface area contributed by atoms with Crippen LogP contribution in [-0.2, 0) is 20.1 Å². The Morgan fingerprint density at radius 3 is 2.21 bits per heavy atom. The van der Waals surface area contributed by atoms with E-state index in [-0.39, 0.29) is 15.7 Å². The number of hydrogen-bond donors (Lipinski definition) is 3. The molecule has 19 heavy (non-hydrogen) atoms. The SMILES string of the molecule is NS(=O)(=O)c1cc(O)c2c(S(=O)(=O)O)cccc2c1. The molecule has 0 aliphatic rings. The number of hydrogen-bond acceptors (Lipinski definition) is 5. The maximum Gasteiger partial charge on any atom is 0.295 e. The summed E-state index contributed by atoms with van der Waals surface area (Å²) < 4.78 is 53.8. The number of phenols is 1. The lowest BCUT2D eigenvalue weighted by Crippen LogP contribution is -2.12. The predicted molar refractivity (Wildman–Crippen MR) is 66.8 cm³/mol. The number of primary sulfonamides is 1. The van der Waals surface area contributed by atoms with Gasteiger partial charge in [0.15, 0.2) is 0 Å². The van der Waals surface area contributed by atoms with Gasteiger partial charge in [-0.2, -0.15) is 8.42 Å². The number of fused-ring (bicyclic) bond motifs is 1. The van der Waals surface area contributed by atoms with Crippen molar-refractivity contribution in [1.82, 2.24) is 0 Å². The van der Waals surface area contributed by atoms with Crippen molar-refractivity contribution < 1.29 is 26.5 Å². The molecule has 0 radical (unpaired) electrons. The van der Waals surface area contributed by atoms with Gasteiger partial charge in [0, 0.05) is 11.5 Å². The molecule has 2 rings (SSSR count). The van der Waals surface area contributed by atoms with Gasteiger partial charge in [-0.15, -0.1) is 0 Å². The Bertz CT molecular complexity index is 870. The highest BCUT2D eigenvalue weighted by Crippen LogP contribution is 2.33. The number of sulfonamides is 1. The van der Waals surface area contributed by atoms with Crippen LogP contribution in [-0.4, -0.2) is 26.5 Å². The highest BCUT2D eigenvalue weighted by atomic mass is 32.2. The monoisotopic (exact) mass is 303 g/mol. The summed E-state index contributed by atoms with van der Waals surface area (Å²) in [7, 11) is -8.58. The van der Waals surface area contributed by atoms with E-state index in [4.69, 9.17) is 9.69 Å². The fourth-order valence-electron chi connectivity index (χ4n) is 1.72. The van der Waals surface area contributed by atoms with Crippen molar-refractivity contribution in [2.24, 2.45) is 5.14 Å². The normalized spacial score (nSPS) is 12.7. The van der Waals surface area contributed by atoms with Crippen LogP contribution >= 0.6 is 0 Å². The molecular weight excluding hydrogens is 294 g/mol. The van der Waals surface area contributed by atoms with Gasteiger partial charge in [-0.3, -0.25) is 4.55 Å². The molecule has 0 atom stereocenters. The fraction of sp³-hybridized carbons (Fsp3) is 0. The molecule has 2 aromatic rings. The minimum Gasteiger partial charge on any atom is -0.507 e. The van der Waals surface area contributed by atoms with Crippen molar-refractivity contribution in [1.29, 1.82) is 0 Å². The van der Waals surface area contributed by atoms with Gasteiger partial charge in [0.1, 0.15) is 10.6 Å². The molecule has 9 heteroatoms. The average Bonchev–Trinajstić information content (AvgIpc) is 2.25. The molecule has 0 fully saturated rings. The van der Waals surface area contributed by atoms with E-state index in [1.165, 1.54) is 12.1 Å². The van der Waals surface area contributed by atoms with Gasteiger partial charge in [-0.05, 0) is 17.5 Å². The van der Waals surface area contributed by atoms with Crippen molar-refractivity contribution in [3.8, 4) is 5.75 Å². The summed E-state index contributed by atoms with van der Waals surface area (Å²) in [6.07, 6.45) is 0. The summed E-state index contributed by atoms with van der Waals surface area (Å²) in [4.78, 5) is -0.867. The van der Waals surface area contributed by atoms with Crippen LogP contribution in [0.2, 0.25) is 0 Å². The zero-order valence-electron chi connectivity index (χ0n) is 9.31. The van der Waals surface area contributed by atoms with E-state index < -0.39 is 30.8 Å². The summed E-state index contributed by atoms with van der Waals surface area (Å²) in [5, 5.41) is 14.7. The van der Waals surface area contributed by atoms with Gasteiger partial charge in [-0.25, -0.2) is 13.6 Å². The van der Waals surface area contributed by atoms with E-state index in [0.29, 0.717) is 0 Å². The maximum atomic E-state index is 11.2. The topological polar surface area (TPSA) is 135 Å². The molecule has 0 heterocycles. The molecule has 7 nitrogen and oxygen atoms in total. The molecule has 102 valence electrons. The van der Waals surface area contributed by atoms with Gasteiger partial charge >= 0.3 is 0 Å². The Morgan fingerprint density at radius 2 is 1.68 bits per heavy atom. The summed E-state index contributed by atoms with van der Waals surface area (Å²) in [6, 6.07) is 5.72. The molecule has 0 aliphatic heterocycles. The second-order valence-electron chi connectivity index (χ2n) is 3.82. The van der Waals surface area contributed by atoms with Crippen LogP contribution in [0, 0.1) is 0 Å². The highest BCUT2D eigenvalue weighted by molar-refractivity contribution is 7.89. The fourth-order valence-corrected chi connectivity index (χ4v) is 3.02. The van der Waals surface area contributed by atoms with E-state index in [1.807, 2.05) is 0 Å². The van der Waals surface area contributed by atoms with Crippen molar-refractivity contribution in [2.75, 3.05) is 0 Å². The summed E-state index contributed by atoms with van der Waals surface area (Å²) >= 11 is 0. The lowest BCUT2D eigenvalue weighted by molar-refractivity contribution is 0.473. The quantitative estimate of drug-likeness (QED) is 0.689. The van der Waals surface area contributed by atoms with Crippen LogP contribution in [0.3, 0.4) is 0 Å². The molecule has 0 spiro atoms. The Morgan fingerprint density at radius 1 is 1.05 bits per heavy atom. The first-order valence-corrected chi connectivity index (χ1v) is 7.85. The predicted octanol–water partition coefficient (Wildman–Crippen LogP) is 0.440. The molecule has 0 saturated carbocycles. The molecule has 0 saturated heterocycles. The first-order chi connectivity index (χ1) is 8.60. The van der Waals surface area contributed by atoms with E-state index in [9.17, 15) is 21.9 Å². The summed E-state index contributed by atoms with van der Waals surface area (Å²) in [6.45, 7) is 0. The highest BCUT2D eigenvalue weighted by Gasteiger charge is 2.19. The van der Waals surface area contributed by atoms with Gasteiger partial charge < -0.3 is 5.11 Å². The van der Waals surface area contributed by atoms with E-state index in [2.05, 4.69) is 0 Å². The summed E-state index contributed by atoms with van der Waals surface area (Å²) in [5.41, 5.74) is 0. The number of nitrogens with two attached hydrogens (primary N) is 1. The van der Waals surface area contributed by atoms with Crippen LogP contribution in [0.4, 0.5) is 0 Å². The first-order valence-electron chi connectivity index (χ1n) is 4.87. The van der Waals surface area contributed by atoms with E-state index in [0.717, 1.165) is 18.2 Å². The largest absolute Gasteiger partial charge is 0.507 e. The molecule has 0 aliphatic carbocycles. The number of aromatic hydroxyl groups is 1. The van der Waals surface area contributed by atoms with E-state index in [1.54, 1.807) is 0 Å². The van der Waals surface area contributed by atoms with Gasteiger partial charge in [-0.1, -0.05) is 12.1 Å². The molecular formula is C10H9NO6S2. The van der Waals surface area contributed by atoms with Gasteiger partial charge in [0.25, 0.3) is 10.1 Å². The smallest absolute Gasteiger partial charge is 0.295 e. The third kappa shape index (κ3) is 2.54. The standard InChI is InChI=1S/C10H9NO6S2/c11-18(13,14)7-4-6-2-1-3-9(19(15,16)17)10(6)8(12)5-7/h1-5,12H,(H2,11,13,14)(H,15,16,17). The Hall–Kier alpha value is -1.68. The zero-order chi connectivity index (χ0) is 14.4. The van der Waals surface area contributed by atoms with Crippen LogP contribution in [0.25, 0.3) is 10.8 Å². The second-order valence-corrected chi connectivity index (χ2v) is 6.77. The van der Waals surface area contributed by atoms with E-state index >= 15 is 0 Å². The average molecular weight is 303 g/mol. The van der Waals surface area contributed by atoms with Crippen LogP contribution in [0.5, 0.6) is 5.75 Å². The van der Waals surface area contributed by atoms with Gasteiger partial charge in [0.05, 0.1) is 4.90 Å². The summed E-state index contributed by atoms with van der Waals surface area (Å²) in [5.74, 6) is -0.602. The van der Waals surface area contributed by atoms with Crippen LogP contribution < -0.4 is 5.14 Å². The van der Waals surface area contributed by atoms with Crippen molar-refractivity contribution >= 4 is 30.9 Å². The molecule has 2 aromatic carbocycles. The zero-order valence-corrected chi connectivity index (χ0v) is 10.9. The third-order valence-corrected chi connectivity index (χ3v) is 4.29. The molecule has 0 aromatic heterocycles. The first kappa shape index (κ1) is 13.7. The minimum atomic E-state index is -4.54. The molecule has 0 bridgehead atoms. The van der Waals surface area contributed by atoms with Crippen LogP contribution in [0.1, 0.15) is 0 Å². The lowest BCUT2D eigenvalue weighted by atomic mass is 10.1. The van der Waals surface area contributed by atoms with Crippen LogP contribution in [0.15, 0.2) is 40.1 Å². The Balaban J connectivity index is 2.96. The number of benzene rings is 2. The Kier molecular flexibility index (Phi) is 3.01. The molecule has 4 N–H and O–H groups in total. The third-order valence-electron chi connectivity index (χ3n) is 2.50. The number of phenolic OH excluding ortho intramolecular Hbond substituents is 1. The van der Waals surface area contributed by atoms with Crippen molar-refractivity contribution in [2.45, 2.75) is 9.79 Å². The Labute approximate surface area is 109 Å².